The number of rotatable bonds is 4. The van der Waals surface area contributed by atoms with E-state index in [1.54, 1.807) is 18.3 Å². The van der Waals surface area contributed by atoms with Crippen molar-refractivity contribution in [2.24, 2.45) is 0 Å². The van der Waals surface area contributed by atoms with E-state index >= 15 is 0 Å². The highest BCUT2D eigenvalue weighted by atomic mass is 19.1. The van der Waals surface area contributed by atoms with Crippen LogP contribution in [0.3, 0.4) is 0 Å². The van der Waals surface area contributed by atoms with Gasteiger partial charge < -0.3 is 0 Å². The number of nitrogens with zero attached hydrogens (tertiary/aromatic N) is 2. The van der Waals surface area contributed by atoms with Crippen molar-refractivity contribution in [3.05, 3.63) is 90.6 Å². The summed E-state index contributed by atoms with van der Waals surface area (Å²) in [6.45, 7) is 11.7. The number of hydrogen-bond donors (Lipinski definition) is 0. The molecule has 0 saturated carbocycles. The zero-order valence-corrected chi connectivity index (χ0v) is 16.3. The summed E-state index contributed by atoms with van der Waals surface area (Å²) in [4.78, 5) is 9.19. The first-order valence-electron chi connectivity index (χ1n) is 9.12. The zero-order chi connectivity index (χ0) is 19.8. The summed E-state index contributed by atoms with van der Waals surface area (Å²) in [6, 6.07) is 10.4. The van der Waals surface area contributed by atoms with Crippen LogP contribution in [0.1, 0.15) is 32.0 Å². The third kappa shape index (κ3) is 4.37. The van der Waals surface area contributed by atoms with Gasteiger partial charge in [-0.05, 0) is 49.8 Å². The average Bonchev–Trinajstić information content (AvgIpc) is 2.69. The van der Waals surface area contributed by atoms with Crippen LogP contribution in [0.15, 0.2) is 73.5 Å². The van der Waals surface area contributed by atoms with Gasteiger partial charge in [-0.25, -0.2) is 4.39 Å². The molecule has 3 heteroatoms. The highest BCUT2D eigenvalue weighted by Gasteiger charge is 2.17. The molecule has 0 fully saturated rings. The quantitative estimate of drug-likeness (QED) is 0.472. The van der Waals surface area contributed by atoms with Gasteiger partial charge in [0.25, 0.3) is 0 Å². The van der Waals surface area contributed by atoms with Crippen LogP contribution in [0.5, 0.6) is 0 Å². The molecule has 0 saturated heterocycles. The molecule has 27 heavy (non-hydrogen) atoms. The Labute approximate surface area is 160 Å². The van der Waals surface area contributed by atoms with E-state index in [1.165, 1.54) is 12.1 Å². The summed E-state index contributed by atoms with van der Waals surface area (Å²) in [7, 11) is 0. The number of aryl methyl sites for hydroxylation is 1. The van der Waals surface area contributed by atoms with E-state index in [-0.39, 0.29) is 5.82 Å². The Morgan fingerprint density at radius 2 is 1.93 bits per heavy atom. The first kappa shape index (κ1) is 20.2. The van der Waals surface area contributed by atoms with Crippen molar-refractivity contribution in [3.8, 4) is 11.3 Å². The smallest absolute Gasteiger partial charge is 0.123 e. The Bertz CT molecular complexity index is 986. The number of allylic oxidation sites excluding steroid dienone is 5. The van der Waals surface area contributed by atoms with Crippen LogP contribution in [-0.2, 0) is 0 Å². The van der Waals surface area contributed by atoms with Crippen molar-refractivity contribution in [2.45, 2.75) is 27.7 Å². The standard InChI is InChI=1S/C22H19FN2.C2H6/c1-4-8-16(9-5-2)21-15(3)25-19-12-11-17(23)14-18(19)22(21)20-10-6-7-13-24-20;1-2/h4-14H,1H2,2-3H3;1-2H3/b9-5-,16-8+;. The van der Waals surface area contributed by atoms with Crippen LogP contribution >= 0.6 is 0 Å². The van der Waals surface area contributed by atoms with E-state index in [0.29, 0.717) is 0 Å². The molecule has 0 radical (unpaired) electrons. The summed E-state index contributed by atoms with van der Waals surface area (Å²) in [5.74, 6) is -0.290. The van der Waals surface area contributed by atoms with Crippen molar-refractivity contribution < 1.29 is 4.39 Å². The molecule has 0 N–H and O–H groups in total. The van der Waals surface area contributed by atoms with Gasteiger partial charge in [0.1, 0.15) is 5.82 Å². The van der Waals surface area contributed by atoms with E-state index in [9.17, 15) is 4.39 Å². The normalized spacial score (nSPS) is 11.4. The fourth-order valence-electron chi connectivity index (χ4n) is 3.02. The Balaban J connectivity index is 0.00000126. The van der Waals surface area contributed by atoms with E-state index in [1.807, 2.05) is 64.1 Å². The second-order valence-corrected chi connectivity index (χ2v) is 5.68. The SMILES string of the molecule is C=C/C=C(\C=C/C)c1c(C)nc2ccc(F)cc2c1-c1ccccn1.CC. The first-order chi connectivity index (χ1) is 13.2. The molecule has 0 aliphatic rings. The van der Waals surface area contributed by atoms with Crippen molar-refractivity contribution >= 4 is 16.5 Å². The minimum Gasteiger partial charge on any atom is -0.256 e. The fraction of sp³-hybridized carbons (Fsp3) is 0.167. The molecule has 2 aromatic heterocycles. The number of pyridine rings is 2. The number of halogens is 1. The Morgan fingerprint density at radius 1 is 1.15 bits per heavy atom. The van der Waals surface area contributed by atoms with E-state index < -0.39 is 0 Å². The van der Waals surface area contributed by atoms with Gasteiger partial charge in [0, 0.05) is 28.4 Å². The van der Waals surface area contributed by atoms with Crippen molar-refractivity contribution in [2.75, 3.05) is 0 Å². The van der Waals surface area contributed by atoms with Crippen molar-refractivity contribution in [1.29, 1.82) is 0 Å². The van der Waals surface area contributed by atoms with Gasteiger partial charge in [-0.3, -0.25) is 9.97 Å². The molecule has 1 aromatic carbocycles. The molecular weight excluding hydrogens is 335 g/mol. The molecule has 3 aromatic rings. The molecule has 0 aliphatic heterocycles. The van der Waals surface area contributed by atoms with Crippen LogP contribution < -0.4 is 0 Å². The molecular formula is C24H25FN2. The van der Waals surface area contributed by atoms with Crippen LogP contribution in [-0.4, -0.2) is 9.97 Å². The average molecular weight is 360 g/mol. The number of fused-ring (bicyclic) bond motifs is 1. The van der Waals surface area contributed by atoms with Gasteiger partial charge in [0.2, 0.25) is 0 Å². The van der Waals surface area contributed by atoms with Crippen molar-refractivity contribution in [3.63, 3.8) is 0 Å². The van der Waals surface area contributed by atoms with E-state index in [4.69, 9.17) is 0 Å². The minimum absolute atomic E-state index is 0.290. The maximum absolute atomic E-state index is 14.0. The maximum atomic E-state index is 14.0. The fourth-order valence-corrected chi connectivity index (χ4v) is 3.02. The highest BCUT2D eigenvalue weighted by Crippen LogP contribution is 2.36. The number of benzene rings is 1. The monoisotopic (exact) mass is 360 g/mol. The second kappa shape index (κ2) is 9.58. The largest absolute Gasteiger partial charge is 0.256 e. The molecule has 0 spiro atoms. The summed E-state index contributed by atoms with van der Waals surface area (Å²) in [5.41, 5.74) is 5.20. The molecule has 2 heterocycles. The van der Waals surface area contributed by atoms with Gasteiger partial charge in [0.05, 0.1) is 11.2 Å². The molecule has 138 valence electrons. The predicted molar refractivity (Wildman–Crippen MR) is 114 cm³/mol. The lowest BCUT2D eigenvalue weighted by molar-refractivity contribution is 0.629. The van der Waals surface area contributed by atoms with Gasteiger partial charge in [-0.2, -0.15) is 0 Å². The van der Waals surface area contributed by atoms with Crippen molar-refractivity contribution in [1.82, 2.24) is 9.97 Å². The molecule has 3 rings (SSSR count). The van der Waals surface area contributed by atoms with Crippen LogP contribution in [0.25, 0.3) is 27.7 Å². The third-order valence-electron chi connectivity index (χ3n) is 3.98. The Kier molecular flexibility index (Phi) is 7.18. The number of aromatic nitrogens is 2. The van der Waals surface area contributed by atoms with Crippen LogP contribution in [0.4, 0.5) is 4.39 Å². The Morgan fingerprint density at radius 3 is 2.56 bits per heavy atom. The minimum atomic E-state index is -0.290. The van der Waals surface area contributed by atoms with E-state index in [2.05, 4.69) is 16.5 Å². The van der Waals surface area contributed by atoms with E-state index in [0.717, 1.165) is 39.0 Å². The highest BCUT2D eigenvalue weighted by molar-refractivity contribution is 6.01. The zero-order valence-electron chi connectivity index (χ0n) is 16.3. The lowest BCUT2D eigenvalue weighted by atomic mass is 9.92. The first-order valence-corrected chi connectivity index (χ1v) is 9.12. The lowest BCUT2D eigenvalue weighted by Gasteiger charge is -2.16. The molecule has 2 nitrogen and oxygen atoms in total. The van der Waals surface area contributed by atoms with Crippen LogP contribution in [0.2, 0.25) is 0 Å². The van der Waals surface area contributed by atoms with Crippen LogP contribution in [0, 0.1) is 12.7 Å². The van der Waals surface area contributed by atoms with Gasteiger partial charge >= 0.3 is 0 Å². The maximum Gasteiger partial charge on any atom is 0.123 e. The molecule has 0 unspecified atom stereocenters. The second-order valence-electron chi connectivity index (χ2n) is 5.68. The number of hydrogen-bond acceptors (Lipinski definition) is 2. The summed E-state index contributed by atoms with van der Waals surface area (Å²) in [5, 5.41) is 0.749. The molecule has 0 aliphatic carbocycles. The summed E-state index contributed by atoms with van der Waals surface area (Å²) in [6.07, 6.45) is 9.39. The summed E-state index contributed by atoms with van der Waals surface area (Å²) >= 11 is 0. The van der Waals surface area contributed by atoms with Gasteiger partial charge in [0.15, 0.2) is 0 Å². The lowest BCUT2D eigenvalue weighted by Crippen LogP contribution is -1.99. The van der Waals surface area contributed by atoms with Gasteiger partial charge in [-0.15, -0.1) is 0 Å². The van der Waals surface area contributed by atoms with Gasteiger partial charge in [-0.1, -0.05) is 50.8 Å². The molecule has 0 bridgehead atoms. The topological polar surface area (TPSA) is 25.8 Å². The summed E-state index contributed by atoms with van der Waals surface area (Å²) < 4.78 is 14.0. The Hall–Kier alpha value is -3.07. The third-order valence-corrected chi connectivity index (χ3v) is 3.98. The molecule has 0 atom stereocenters. The predicted octanol–water partition coefficient (Wildman–Crippen LogP) is 6.92. The molecule has 0 amide bonds.